The predicted octanol–water partition coefficient (Wildman–Crippen LogP) is 1.48. The molecule has 2 rings (SSSR count). The SMILES string of the molecule is CCCNCc1cc(S(=O)(=O)Nc2nnc(C)s2)c[nH]1. The summed E-state index contributed by atoms with van der Waals surface area (Å²) < 4.78 is 26.7. The van der Waals surface area contributed by atoms with E-state index in [0.717, 1.165) is 18.7 Å². The Morgan fingerprint density at radius 2 is 2.20 bits per heavy atom. The molecule has 2 aromatic rings. The standard InChI is InChI=1S/C11H17N5O2S2/c1-3-4-12-6-9-5-10(7-13-9)20(17,18)16-11-15-14-8(2)19-11/h5,7,12-13H,3-4,6H2,1-2H3,(H,15,16). The fraction of sp³-hybridized carbons (Fsp3) is 0.455. The summed E-state index contributed by atoms with van der Waals surface area (Å²) in [5.74, 6) is 0. The molecule has 0 spiro atoms. The van der Waals surface area contributed by atoms with Gasteiger partial charge in [0.15, 0.2) is 0 Å². The zero-order chi connectivity index (χ0) is 14.6. The third kappa shape index (κ3) is 3.78. The van der Waals surface area contributed by atoms with Gasteiger partial charge in [0.25, 0.3) is 10.0 Å². The number of anilines is 1. The molecule has 0 atom stereocenters. The van der Waals surface area contributed by atoms with Crippen molar-refractivity contribution in [3.8, 4) is 0 Å². The molecule has 20 heavy (non-hydrogen) atoms. The van der Waals surface area contributed by atoms with Gasteiger partial charge in [-0.15, -0.1) is 10.2 Å². The van der Waals surface area contributed by atoms with Crippen molar-refractivity contribution in [1.82, 2.24) is 20.5 Å². The number of hydrogen-bond acceptors (Lipinski definition) is 6. The van der Waals surface area contributed by atoms with E-state index < -0.39 is 10.0 Å². The third-order valence-corrected chi connectivity index (χ3v) is 4.72. The van der Waals surface area contributed by atoms with Crippen LogP contribution in [0, 0.1) is 6.92 Å². The maximum Gasteiger partial charge on any atom is 0.265 e. The Kier molecular flexibility index (Phi) is 4.73. The number of aryl methyl sites for hydroxylation is 1. The van der Waals surface area contributed by atoms with Crippen LogP contribution in [0.3, 0.4) is 0 Å². The smallest absolute Gasteiger partial charge is 0.265 e. The number of sulfonamides is 1. The van der Waals surface area contributed by atoms with Crippen LogP contribution < -0.4 is 10.0 Å². The minimum Gasteiger partial charge on any atom is -0.363 e. The summed E-state index contributed by atoms with van der Waals surface area (Å²) in [6.45, 7) is 5.35. The lowest BCUT2D eigenvalue weighted by Gasteiger charge is -2.01. The summed E-state index contributed by atoms with van der Waals surface area (Å²) in [5.41, 5.74) is 0.826. The van der Waals surface area contributed by atoms with Gasteiger partial charge in [-0.3, -0.25) is 4.72 Å². The van der Waals surface area contributed by atoms with Crippen LogP contribution in [0.25, 0.3) is 0 Å². The number of hydrogen-bond donors (Lipinski definition) is 3. The van der Waals surface area contributed by atoms with Gasteiger partial charge in [0.2, 0.25) is 5.13 Å². The second-order valence-corrected chi connectivity index (χ2v) is 7.13. The fourth-order valence-corrected chi connectivity index (χ4v) is 3.43. The molecule has 9 heteroatoms. The molecule has 7 nitrogen and oxygen atoms in total. The van der Waals surface area contributed by atoms with Gasteiger partial charge in [-0.2, -0.15) is 0 Å². The molecule has 0 aromatic carbocycles. The van der Waals surface area contributed by atoms with E-state index in [-0.39, 0.29) is 10.0 Å². The largest absolute Gasteiger partial charge is 0.363 e. The highest BCUT2D eigenvalue weighted by atomic mass is 32.2. The van der Waals surface area contributed by atoms with Gasteiger partial charge in [-0.05, 0) is 26.0 Å². The van der Waals surface area contributed by atoms with Gasteiger partial charge in [-0.1, -0.05) is 18.3 Å². The molecule has 0 radical (unpaired) electrons. The van der Waals surface area contributed by atoms with Gasteiger partial charge in [0, 0.05) is 18.4 Å². The molecule has 110 valence electrons. The van der Waals surface area contributed by atoms with Gasteiger partial charge < -0.3 is 10.3 Å². The van der Waals surface area contributed by atoms with Crippen molar-refractivity contribution in [3.63, 3.8) is 0 Å². The van der Waals surface area contributed by atoms with E-state index in [1.54, 1.807) is 13.0 Å². The first kappa shape index (κ1) is 14.9. The first-order valence-electron chi connectivity index (χ1n) is 6.22. The lowest BCUT2D eigenvalue weighted by atomic mass is 10.4. The highest BCUT2D eigenvalue weighted by Crippen LogP contribution is 2.19. The fourth-order valence-electron chi connectivity index (χ4n) is 1.59. The zero-order valence-electron chi connectivity index (χ0n) is 11.3. The lowest BCUT2D eigenvalue weighted by molar-refractivity contribution is 0.601. The minimum atomic E-state index is -3.61. The number of nitrogens with one attached hydrogen (secondary N) is 3. The Morgan fingerprint density at radius 1 is 1.40 bits per heavy atom. The number of aromatic amines is 1. The maximum absolute atomic E-state index is 12.1. The molecule has 0 bridgehead atoms. The van der Waals surface area contributed by atoms with Crippen LogP contribution in [-0.2, 0) is 16.6 Å². The molecule has 2 aromatic heterocycles. The number of H-pyrrole nitrogens is 1. The monoisotopic (exact) mass is 315 g/mol. The van der Waals surface area contributed by atoms with Crippen LogP contribution >= 0.6 is 11.3 Å². The zero-order valence-corrected chi connectivity index (χ0v) is 12.9. The van der Waals surface area contributed by atoms with Crippen molar-refractivity contribution in [2.24, 2.45) is 0 Å². The van der Waals surface area contributed by atoms with Gasteiger partial charge in [0.05, 0.1) is 0 Å². The normalized spacial score (nSPS) is 11.7. The molecule has 0 aliphatic carbocycles. The van der Waals surface area contributed by atoms with E-state index in [1.807, 2.05) is 0 Å². The Hall–Kier alpha value is -1.45. The second kappa shape index (κ2) is 6.33. The van der Waals surface area contributed by atoms with Crippen molar-refractivity contribution < 1.29 is 8.42 Å². The molecule has 0 saturated carbocycles. The Balaban J connectivity index is 2.06. The quantitative estimate of drug-likeness (QED) is 0.672. The van der Waals surface area contributed by atoms with Crippen LogP contribution in [0.2, 0.25) is 0 Å². The van der Waals surface area contributed by atoms with Crippen molar-refractivity contribution >= 4 is 26.5 Å². The summed E-state index contributed by atoms with van der Waals surface area (Å²) in [6, 6.07) is 1.61. The van der Waals surface area contributed by atoms with Gasteiger partial charge in [0.1, 0.15) is 9.90 Å². The number of rotatable bonds is 7. The molecule has 0 unspecified atom stereocenters. The first-order chi connectivity index (χ1) is 9.51. The Bertz CT molecular complexity index is 662. The summed E-state index contributed by atoms with van der Waals surface area (Å²) in [6.07, 6.45) is 2.50. The highest BCUT2D eigenvalue weighted by Gasteiger charge is 2.18. The lowest BCUT2D eigenvalue weighted by Crippen LogP contribution is -2.14. The van der Waals surface area contributed by atoms with Crippen molar-refractivity contribution in [2.45, 2.75) is 31.7 Å². The predicted molar refractivity (Wildman–Crippen MR) is 78.2 cm³/mol. The summed E-state index contributed by atoms with van der Waals surface area (Å²) in [5, 5.41) is 11.7. The average Bonchev–Trinajstić information content (AvgIpc) is 2.99. The van der Waals surface area contributed by atoms with E-state index in [0.29, 0.717) is 11.6 Å². The van der Waals surface area contributed by atoms with Crippen LogP contribution in [0.15, 0.2) is 17.2 Å². The molecule has 2 heterocycles. The Labute approximate surface area is 121 Å². The van der Waals surface area contributed by atoms with E-state index in [2.05, 4.69) is 32.1 Å². The van der Waals surface area contributed by atoms with E-state index in [4.69, 9.17) is 0 Å². The van der Waals surface area contributed by atoms with Gasteiger partial charge in [-0.25, -0.2) is 8.42 Å². The number of nitrogens with zero attached hydrogens (tertiary/aromatic N) is 2. The highest BCUT2D eigenvalue weighted by molar-refractivity contribution is 7.93. The average molecular weight is 315 g/mol. The van der Waals surface area contributed by atoms with E-state index in [1.165, 1.54) is 17.5 Å². The molecule has 0 saturated heterocycles. The van der Waals surface area contributed by atoms with Gasteiger partial charge >= 0.3 is 0 Å². The second-order valence-electron chi connectivity index (χ2n) is 4.27. The summed E-state index contributed by atoms with van der Waals surface area (Å²) in [4.78, 5) is 3.14. The topological polar surface area (TPSA) is 99.8 Å². The maximum atomic E-state index is 12.1. The summed E-state index contributed by atoms with van der Waals surface area (Å²) in [7, 11) is -3.61. The molecule has 3 N–H and O–H groups in total. The number of aromatic nitrogens is 3. The first-order valence-corrected chi connectivity index (χ1v) is 8.52. The van der Waals surface area contributed by atoms with Crippen molar-refractivity contribution in [2.75, 3.05) is 11.3 Å². The van der Waals surface area contributed by atoms with Crippen LogP contribution in [0.4, 0.5) is 5.13 Å². The van der Waals surface area contributed by atoms with E-state index >= 15 is 0 Å². The molecule has 0 amide bonds. The van der Waals surface area contributed by atoms with Crippen molar-refractivity contribution in [3.05, 3.63) is 23.0 Å². The molecular formula is C11H17N5O2S2. The van der Waals surface area contributed by atoms with Crippen LogP contribution in [-0.4, -0.2) is 30.1 Å². The third-order valence-electron chi connectivity index (χ3n) is 2.52. The minimum absolute atomic E-state index is 0.193. The van der Waals surface area contributed by atoms with Crippen LogP contribution in [0.5, 0.6) is 0 Å². The van der Waals surface area contributed by atoms with Crippen molar-refractivity contribution in [1.29, 1.82) is 0 Å². The van der Waals surface area contributed by atoms with Crippen LogP contribution in [0.1, 0.15) is 24.0 Å². The summed E-state index contributed by atoms with van der Waals surface area (Å²) >= 11 is 1.20. The Morgan fingerprint density at radius 3 is 2.85 bits per heavy atom. The van der Waals surface area contributed by atoms with E-state index in [9.17, 15) is 8.42 Å². The molecule has 0 aliphatic rings. The molecule has 0 aliphatic heterocycles. The molecule has 0 fully saturated rings. The molecular weight excluding hydrogens is 298 g/mol.